The van der Waals surface area contributed by atoms with Crippen LogP contribution >= 0.6 is 11.6 Å². The molecule has 0 aliphatic heterocycles. The number of aromatic nitrogens is 2. The van der Waals surface area contributed by atoms with E-state index >= 15 is 0 Å². The molecule has 3 rings (SSSR count). The van der Waals surface area contributed by atoms with Crippen LogP contribution in [0, 0.1) is 6.92 Å². The molecule has 2 aromatic carbocycles. The Morgan fingerprint density at radius 3 is 2.59 bits per heavy atom. The lowest BCUT2D eigenvalue weighted by atomic mass is 10.2. The monoisotopic (exact) mass is 314 g/mol. The van der Waals surface area contributed by atoms with Crippen molar-refractivity contribution < 1.29 is 9.47 Å². The first-order valence-corrected chi connectivity index (χ1v) is 7.24. The summed E-state index contributed by atoms with van der Waals surface area (Å²) < 4.78 is 11.2. The summed E-state index contributed by atoms with van der Waals surface area (Å²) in [5.74, 6) is 1.90. The molecule has 1 aromatic heterocycles. The zero-order chi connectivity index (χ0) is 15.5. The molecule has 1 heterocycles. The van der Waals surface area contributed by atoms with E-state index in [1.807, 2.05) is 36.4 Å². The number of hydrogen-bond acceptors (Lipinski definition) is 4. The Morgan fingerprint density at radius 1 is 1.09 bits per heavy atom. The summed E-state index contributed by atoms with van der Waals surface area (Å²) in [5, 5.41) is 1.08. The van der Waals surface area contributed by atoms with E-state index in [9.17, 15) is 0 Å². The van der Waals surface area contributed by atoms with Crippen molar-refractivity contribution in [3.05, 3.63) is 59.0 Å². The predicted molar refractivity (Wildman–Crippen MR) is 86.6 cm³/mol. The molecule has 0 atom stereocenters. The van der Waals surface area contributed by atoms with Crippen molar-refractivity contribution in [1.29, 1.82) is 0 Å². The average molecular weight is 315 g/mol. The van der Waals surface area contributed by atoms with Crippen molar-refractivity contribution in [2.75, 3.05) is 7.11 Å². The minimum Gasteiger partial charge on any atom is -0.497 e. The number of halogens is 1. The summed E-state index contributed by atoms with van der Waals surface area (Å²) in [4.78, 5) is 8.61. The Morgan fingerprint density at radius 2 is 1.86 bits per heavy atom. The van der Waals surface area contributed by atoms with Gasteiger partial charge in [0.05, 0.1) is 18.0 Å². The number of ether oxygens (including phenoxy) is 2. The van der Waals surface area contributed by atoms with Gasteiger partial charge in [-0.3, -0.25) is 0 Å². The highest BCUT2D eigenvalue weighted by molar-refractivity contribution is 6.34. The quantitative estimate of drug-likeness (QED) is 0.678. The van der Waals surface area contributed by atoms with Crippen molar-refractivity contribution in [1.82, 2.24) is 9.97 Å². The molecule has 0 N–H and O–H groups in total. The fraction of sp³-hybridized carbons (Fsp3) is 0.176. The number of aryl methyl sites for hydroxylation is 1. The van der Waals surface area contributed by atoms with Crippen molar-refractivity contribution in [2.45, 2.75) is 13.5 Å². The van der Waals surface area contributed by atoms with Crippen LogP contribution in [0.15, 0.2) is 42.5 Å². The number of nitrogens with zero attached hydrogens (tertiary/aromatic N) is 2. The Labute approximate surface area is 133 Å². The molecule has 0 spiro atoms. The Kier molecular flexibility index (Phi) is 4.11. The van der Waals surface area contributed by atoms with Crippen molar-refractivity contribution in [3.8, 4) is 11.5 Å². The first-order valence-electron chi connectivity index (χ1n) is 6.86. The van der Waals surface area contributed by atoms with E-state index in [0.29, 0.717) is 40.0 Å². The van der Waals surface area contributed by atoms with Gasteiger partial charge < -0.3 is 9.47 Å². The van der Waals surface area contributed by atoms with Crippen LogP contribution in [-0.2, 0) is 6.61 Å². The summed E-state index contributed by atoms with van der Waals surface area (Å²) in [5.41, 5.74) is 1.78. The van der Waals surface area contributed by atoms with Gasteiger partial charge in [-0.1, -0.05) is 41.9 Å². The van der Waals surface area contributed by atoms with Crippen LogP contribution in [0.5, 0.6) is 11.5 Å². The predicted octanol–water partition coefficient (Wildman–Crippen LogP) is 4.18. The van der Waals surface area contributed by atoms with Gasteiger partial charge in [-0.2, -0.15) is 0 Å². The molecule has 0 unspecified atom stereocenters. The average Bonchev–Trinajstić information content (AvgIpc) is 2.52. The van der Waals surface area contributed by atoms with Gasteiger partial charge in [-0.25, -0.2) is 9.97 Å². The van der Waals surface area contributed by atoms with Crippen LogP contribution < -0.4 is 9.47 Å². The van der Waals surface area contributed by atoms with Gasteiger partial charge in [-0.15, -0.1) is 0 Å². The van der Waals surface area contributed by atoms with E-state index in [0.717, 1.165) is 5.56 Å². The number of hydrogen-bond donors (Lipinski definition) is 0. The van der Waals surface area contributed by atoms with Crippen molar-refractivity contribution in [2.24, 2.45) is 0 Å². The fourth-order valence-corrected chi connectivity index (χ4v) is 2.55. The molecule has 3 aromatic rings. The number of benzene rings is 2. The minimum absolute atomic E-state index is 0.383. The highest BCUT2D eigenvalue weighted by atomic mass is 35.5. The van der Waals surface area contributed by atoms with Crippen LogP contribution in [0.3, 0.4) is 0 Å². The summed E-state index contributed by atoms with van der Waals surface area (Å²) in [6.07, 6.45) is 0. The van der Waals surface area contributed by atoms with Crippen molar-refractivity contribution >= 4 is 22.5 Å². The molecule has 5 heteroatoms. The van der Waals surface area contributed by atoms with E-state index in [1.54, 1.807) is 20.1 Å². The molecule has 0 fully saturated rings. The van der Waals surface area contributed by atoms with E-state index in [1.165, 1.54) is 0 Å². The molecule has 0 saturated carbocycles. The third kappa shape index (κ3) is 2.97. The standard InChI is InChI=1S/C17H15ClN2O2/c1-11-19-14-8-13(21-2)9-15(16(14)17(18)20-11)22-10-12-6-4-3-5-7-12/h3-9H,10H2,1-2H3. The second-order valence-corrected chi connectivity index (χ2v) is 5.21. The van der Waals surface area contributed by atoms with Gasteiger partial charge in [0.1, 0.15) is 29.1 Å². The largest absolute Gasteiger partial charge is 0.497 e. The van der Waals surface area contributed by atoms with E-state index in [-0.39, 0.29) is 0 Å². The molecule has 0 amide bonds. The normalized spacial score (nSPS) is 10.7. The third-order valence-corrected chi connectivity index (χ3v) is 3.55. The first-order chi connectivity index (χ1) is 10.7. The van der Waals surface area contributed by atoms with Gasteiger partial charge in [0.15, 0.2) is 0 Å². The molecular weight excluding hydrogens is 300 g/mol. The Bertz CT molecular complexity index is 807. The number of methoxy groups -OCH3 is 1. The SMILES string of the molecule is COc1cc(OCc2ccccc2)c2c(Cl)nc(C)nc2c1. The van der Waals surface area contributed by atoms with Gasteiger partial charge in [0.25, 0.3) is 0 Å². The van der Waals surface area contributed by atoms with Crippen LogP contribution in [0.25, 0.3) is 10.9 Å². The van der Waals surface area contributed by atoms with Gasteiger partial charge >= 0.3 is 0 Å². The molecule has 4 nitrogen and oxygen atoms in total. The molecule has 0 aliphatic rings. The van der Waals surface area contributed by atoms with Crippen LogP contribution in [0.2, 0.25) is 5.15 Å². The molecule has 112 valence electrons. The number of fused-ring (bicyclic) bond motifs is 1. The lowest BCUT2D eigenvalue weighted by molar-refractivity contribution is 0.307. The van der Waals surface area contributed by atoms with E-state index in [4.69, 9.17) is 21.1 Å². The third-order valence-electron chi connectivity index (χ3n) is 3.28. The highest BCUT2D eigenvalue weighted by Crippen LogP contribution is 2.34. The molecule has 0 bridgehead atoms. The maximum Gasteiger partial charge on any atom is 0.144 e. The fourth-order valence-electron chi connectivity index (χ4n) is 2.24. The maximum absolute atomic E-state index is 6.27. The highest BCUT2D eigenvalue weighted by Gasteiger charge is 2.13. The lowest BCUT2D eigenvalue weighted by Gasteiger charge is -2.12. The Balaban J connectivity index is 2.03. The van der Waals surface area contributed by atoms with Crippen LogP contribution in [0.4, 0.5) is 0 Å². The van der Waals surface area contributed by atoms with Gasteiger partial charge in [0.2, 0.25) is 0 Å². The maximum atomic E-state index is 6.27. The number of rotatable bonds is 4. The van der Waals surface area contributed by atoms with Gasteiger partial charge in [0, 0.05) is 12.1 Å². The summed E-state index contributed by atoms with van der Waals surface area (Å²) in [6, 6.07) is 13.6. The van der Waals surface area contributed by atoms with E-state index < -0.39 is 0 Å². The van der Waals surface area contributed by atoms with Crippen LogP contribution in [-0.4, -0.2) is 17.1 Å². The first kappa shape index (κ1) is 14.6. The molecule has 0 saturated heterocycles. The molecule has 0 aliphatic carbocycles. The van der Waals surface area contributed by atoms with Crippen molar-refractivity contribution in [3.63, 3.8) is 0 Å². The second-order valence-electron chi connectivity index (χ2n) is 4.86. The smallest absolute Gasteiger partial charge is 0.144 e. The summed E-state index contributed by atoms with van der Waals surface area (Å²) >= 11 is 6.27. The Hall–Kier alpha value is -2.33. The van der Waals surface area contributed by atoms with Crippen LogP contribution in [0.1, 0.15) is 11.4 Å². The topological polar surface area (TPSA) is 44.2 Å². The van der Waals surface area contributed by atoms with Gasteiger partial charge in [-0.05, 0) is 12.5 Å². The lowest BCUT2D eigenvalue weighted by Crippen LogP contribution is -1.99. The molecule has 22 heavy (non-hydrogen) atoms. The summed E-state index contributed by atoms with van der Waals surface area (Å²) in [7, 11) is 1.61. The summed E-state index contributed by atoms with van der Waals surface area (Å²) in [6.45, 7) is 2.24. The zero-order valence-electron chi connectivity index (χ0n) is 12.3. The zero-order valence-corrected chi connectivity index (χ0v) is 13.1. The van der Waals surface area contributed by atoms with E-state index in [2.05, 4.69) is 9.97 Å². The second kappa shape index (κ2) is 6.20. The molecular formula is C17H15ClN2O2. The molecule has 0 radical (unpaired) electrons. The minimum atomic E-state index is 0.383.